The lowest BCUT2D eigenvalue weighted by atomic mass is 9.89. The molecule has 5 nitrogen and oxygen atoms in total. The normalized spacial score (nSPS) is 20.4. The Balaban J connectivity index is 1.51. The minimum Gasteiger partial charge on any atom is -0.355 e. The Kier molecular flexibility index (Phi) is 5.62. The van der Waals surface area contributed by atoms with Crippen LogP contribution < -0.4 is 5.32 Å². The predicted octanol–water partition coefficient (Wildman–Crippen LogP) is 3.35. The standard InChI is InChI=1S/C17H28N4OS/c1-3-21-15(14-9-10-14)19-20-17(21)23-12(2)16(22)18-11-13-7-5-4-6-8-13/h12-14H,3-11H2,1-2H3,(H,18,22). The van der Waals surface area contributed by atoms with Crippen LogP contribution in [0.3, 0.4) is 0 Å². The molecule has 1 atom stereocenters. The maximum Gasteiger partial charge on any atom is 0.233 e. The van der Waals surface area contributed by atoms with E-state index in [2.05, 4.69) is 27.0 Å². The summed E-state index contributed by atoms with van der Waals surface area (Å²) in [6, 6.07) is 0. The van der Waals surface area contributed by atoms with Gasteiger partial charge in [-0.15, -0.1) is 10.2 Å². The van der Waals surface area contributed by atoms with Gasteiger partial charge >= 0.3 is 0 Å². The molecule has 3 rings (SSSR count). The number of nitrogens with one attached hydrogen (secondary N) is 1. The lowest BCUT2D eigenvalue weighted by Crippen LogP contribution is -2.35. The quantitative estimate of drug-likeness (QED) is 0.776. The number of carbonyl (C=O) groups is 1. The van der Waals surface area contributed by atoms with Crippen LogP contribution in [0.2, 0.25) is 0 Å². The summed E-state index contributed by atoms with van der Waals surface area (Å²) in [7, 11) is 0. The van der Waals surface area contributed by atoms with E-state index in [0.29, 0.717) is 11.8 Å². The highest BCUT2D eigenvalue weighted by atomic mass is 32.2. The second kappa shape index (κ2) is 7.69. The van der Waals surface area contributed by atoms with E-state index >= 15 is 0 Å². The van der Waals surface area contributed by atoms with Gasteiger partial charge in [0.2, 0.25) is 5.91 Å². The van der Waals surface area contributed by atoms with Crippen molar-refractivity contribution in [1.29, 1.82) is 0 Å². The van der Waals surface area contributed by atoms with E-state index in [1.807, 2.05) is 6.92 Å². The van der Waals surface area contributed by atoms with Crippen LogP contribution in [0.15, 0.2) is 5.16 Å². The van der Waals surface area contributed by atoms with Gasteiger partial charge in [0.25, 0.3) is 0 Å². The van der Waals surface area contributed by atoms with Crippen LogP contribution in [-0.4, -0.2) is 32.5 Å². The van der Waals surface area contributed by atoms with Gasteiger partial charge in [0.05, 0.1) is 5.25 Å². The first-order chi connectivity index (χ1) is 11.2. The molecular weight excluding hydrogens is 308 g/mol. The third-order valence-corrected chi connectivity index (χ3v) is 6.03. The molecule has 1 aromatic heterocycles. The molecule has 0 aromatic carbocycles. The summed E-state index contributed by atoms with van der Waals surface area (Å²) >= 11 is 1.53. The van der Waals surface area contributed by atoms with E-state index in [9.17, 15) is 4.79 Å². The molecule has 0 saturated heterocycles. The maximum absolute atomic E-state index is 12.4. The van der Waals surface area contributed by atoms with Gasteiger partial charge in [-0.3, -0.25) is 4.79 Å². The molecule has 1 N–H and O–H groups in total. The molecule has 0 bridgehead atoms. The Morgan fingerprint density at radius 1 is 1.26 bits per heavy atom. The van der Waals surface area contributed by atoms with Gasteiger partial charge in [0.15, 0.2) is 5.16 Å². The van der Waals surface area contributed by atoms with Crippen molar-refractivity contribution in [1.82, 2.24) is 20.1 Å². The third kappa shape index (κ3) is 4.28. The van der Waals surface area contributed by atoms with Crippen molar-refractivity contribution >= 4 is 17.7 Å². The lowest BCUT2D eigenvalue weighted by molar-refractivity contribution is -0.120. The zero-order chi connectivity index (χ0) is 16.2. The molecule has 0 radical (unpaired) electrons. The summed E-state index contributed by atoms with van der Waals surface area (Å²) in [6.07, 6.45) is 8.95. The second-order valence-corrected chi connectivity index (χ2v) is 8.18. The van der Waals surface area contributed by atoms with E-state index < -0.39 is 0 Å². The summed E-state index contributed by atoms with van der Waals surface area (Å²) in [5.41, 5.74) is 0. The molecule has 2 fully saturated rings. The van der Waals surface area contributed by atoms with Gasteiger partial charge in [-0.2, -0.15) is 0 Å². The lowest BCUT2D eigenvalue weighted by Gasteiger charge is -2.22. The molecular formula is C17H28N4OS. The van der Waals surface area contributed by atoms with Crippen LogP contribution in [-0.2, 0) is 11.3 Å². The number of thioether (sulfide) groups is 1. The summed E-state index contributed by atoms with van der Waals surface area (Å²) in [5, 5.41) is 12.6. The SMILES string of the molecule is CCn1c(SC(C)C(=O)NCC2CCCCC2)nnc1C1CC1. The average Bonchev–Trinajstić information content (AvgIpc) is 3.34. The maximum atomic E-state index is 12.4. The largest absolute Gasteiger partial charge is 0.355 e. The van der Waals surface area contributed by atoms with Crippen molar-refractivity contribution in [2.45, 2.75) is 81.7 Å². The molecule has 1 aromatic rings. The van der Waals surface area contributed by atoms with Gasteiger partial charge in [0, 0.05) is 19.0 Å². The fourth-order valence-corrected chi connectivity index (χ4v) is 4.26. The summed E-state index contributed by atoms with van der Waals surface area (Å²) < 4.78 is 2.17. The zero-order valence-corrected chi connectivity index (χ0v) is 15.1. The molecule has 2 aliphatic carbocycles. The highest BCUT2D eigenvalue weighted by molar-refractivity contribution is 8.00. The Hall–Kier alpha value is -1.04. The Morgan fingerprint density at radius 2 is 2.00 bits per heavy atom. The number of nitrogens with zero attached hydrogens (tertiary/aromatic N) is 3. The van der Waals surface area contributed by atoms with Crippen molar-refractivity contribution in [3.05, 3.63) is 5.82 Å². The third-order valence-electron chi connectivity index (χ3n) is 4.95. The van der Waals surface area contributed by atoms with Gasteiger partial charge in [-0.25, -0.2) is 0 Å². The van der Waals surface area contributed by atoms with E-state index in [4.69, 9.17) is 0 Å². The van der Waals surface area contributed by atoms with E-state index in [1.54, 1.807) is 0 Å². The first kappa shape index (κ1) is 16.8. The minimum atomic E-state index is -0.125. The van der Waals surface area contributed by atoms with Crippen molar-refractivity contribution in [3.8, 4) is 0 Å². The molecule has 128 valence electrons. The number of carbonyl (C=O) groups excluding carboxylic acids is 1. The second-order valence-electron chi connectivity index (χ2n) is 6.87. The smallest absolute Gasteiger partial charge is 0.233 e. The van der Waals surface area contributed by atoms with Crippen LogP contribution in [0, 0.1) is 5.92 Å². The summed E-state index contributed by atoms with van der Waals surface area (Å²) in [4.78, 5) is 12.4. The Morgan fingerprint density at radius 3 is 2.65 bits per heavy atom. The molecule has 2 saturated carbocycles. The first-order valence-corrected chi connectivity index (χ1v) is 9.94. The minimum absolute atomic E-state index is 0.124. The molecule has 0 aliphatic heterocycles. The first-order valence-electron chi connectivity index (χ1n) is 9.06. The number of hydrogen-bond donors (Lipinski definition) is 1. The number of amides is 1. The highest BCUT2D eigenvalue weighted by Gasteiger charge is 2.30. The predicted molar refractivity (Wildman–Crippen MR) is 92.6 cm³/mol. The van der Waals surface area contributed by atoms with Gasteiger partial charge < -0.3 is 9.88 Å². The van der Waals surface area contributed by atoms with Crippen LogP contribution in [0.1, 0.15) is 70.5 Å². The van der Waals surface area contributed by atoms with Crippen molar-refractivity contribution in [2.75, 3.05) is 6.54 Å². The zero-order valence-electron chi connectivity index (χ0n) is 14.3. The number of aromatic nitrogens is 3. The molecule has 23 heavy (non-hydrogen) atoms. The van der Waals surface area contributed by atoms with Crippen molar-refractivity contribution in [3.63, 3.8) is 0 Å². The Labute approximate surface area is 143 Å². The fraction of sp³-hybridized carbons (Fsp3) is 0.824. The molecule has 1 unspecified atom stereocenters. The van der Waals surface area contributed by atoms with Crippen LogP contribution in [0.4, 0.5) is 0 Å². The van der Waals surface area contributed by atoms with E-state index in [-0.39, 0.29) is 11.2 Å². The van der Waals surface area contributed by atoms with E-state index in [1.165, 1.54) is 56.7 Å². The molecule has 0 spiro atoms. The Bertz CT molecular complexity index is 535. The van der Waals surface area contributed by atoms with Gasteiger partial charge in [-0.1, -0.05) is 31.0 Å². The van der Waals surface area contributed by atoms with E-state index in [0.717, 1.165) is 24.1 Å². The average molecular weight is 337 g/mol. The fourth-order valence-electron chi connectivity index (χ4n) is 3.32. The van der Waals surface area contributed by atoms with Gasteiger partial charge in [0.1, 0.15) is 5.82 Å². The van der Waals surface area contributed by atoms with Crippen LogP contribution in [0.5, 0.6) is 0 Å². The topological polar surface area (TPSA) is 59.8 Å². The van der Waals surface area contributed by atoms with Crippen molar-refractivity contribution < 1.29 is 4.79 Å². The van der Waals surface area contributed by atoms with Crippen LogP contribution in [0.25, 0.3) is 0 Å². The molecule has 1 amide bonds. The summed E-state index contributed by atoms with van der Waals surface area (Å²) in [5.74, 6) is 2.49. The number of hydrogen-bond acceptors (Lipinski definition) is 4. The summed E-state index contributed by atoms with van der Waals surface area (Å²) in [6.45, 7) is 5.79. The van der Waals surface area contributed by atoms with Crippen LogP contribution >= 0.6 is 11.8 Å². The van der Waals surface area contributed by atoms with Gasteiger partial charge in [-0.05, 0) is 45.4 Å². The monoisotopic (exact) mass is 336 g/mol. The number of rotatable bonds is 7. The highest BCUT2D eigenvalue weighted by Crippen LogP contribution is 2.40. The van der Waals surface area contributed by atoms with Crippen molar-refractivity contribution in [2.24, 2.45) is 5.92 Å². The molecule has 2 aliphatic rings. The molecule has 6 heteroatoms. The molecule has 1 heterocycles.